The van der Waals surface area contributed by atoms with Gasteiger partial charge in [-0.15, -0.1) is 0 Å². The Balaban J connectivity index is 1.95. The number of hydrogen-bond acceptors (Lipinski definition) is 0. The van der Waals surface area contributed by atoms with Gasteiger partial charge in [-0.25, -0.2) is 0 Å². The number of rotatable bonds is 1. The van der Waals surface area contributed by atoms with E-state index in [-0.39, 0.29) is 0 Å². The maximum absolute atomic E-state index is 2.60. The van der Waals surface area contributed by atoms with Gasteiger partial charge in [0.1, 0.15) is 0 Å². The summed E-state index contributed by atoms with van der Waals surface area (Å²) in [7, 11) is 0. The van der Waals surface area contributed by atoms with E-state index >= 15 is 0 Å². The predicted octanol–water partition coefficient (Wildman–Crippen LogP) is 6.00. The lowest BCUT2D eigenvalue weighted by atomic mass is 9.63. The van der Waals surface area contributed by atoms with E-state index in [1.54, 1.807) is 11.1 Å². The van der Waals surface area contributed by atoms with Crippen molar-refractivity contribution in [3.63, 3.8) is 0 Å². The van der Waals surface area contributed by atoms with Crippen molar-refractivity contribution in [3.05, 3.63) is 23.3 Å². The zero-order valence-electron chi connectivity index (χ0n) is 14.1. The van der Waals surface area contributed by atoms with Crippen LogP contribution in [0.3, 0.4) is 0 Å². The lowest BCUT2D eigenvalue weighted by Crippen LogP contribution is -2.34. The standard InChI is InChI=1S/C20H32/c1-13(2)19-9-7-16-12-18-14(3)6-8-17(18)15(4)10-11-20(16,19)5/h8,10,13-14,16,18-19H,6-7,9,11-12H2,1-5H3/b15-10-/t14-,16+,18-,19-,20+/m1/s1. The third kappa shape index (κ3) is 2.11. The molecule has 0 aromatic carbocycles. The van der Waals surface area contributed by atoms with E-state index in [0.717, 1.165) is 29.6 Å². The van der Waals surface area contributed by atoms with Gasteiger partial charge in [0, 0.05) is 0 Å². The molecule has 0 unspecified atom stereocenters. The normalized spacial score (nSPS) is 47.1. The van der Waals surface area contributed by atoms with Crippen molar-refractivity contribution < 1.29 is 0 Å². The summed E-state index contributed by atoms with van der Waals surface area (Å²) in [5.41, 5.74) is 3.85. The highest BCUT2D eigenvalue weighted by molar-refractivity contribution is 5.36. The first kappa shape index (κ1) is 14.4. The Kier molecular flexibility index (Phi) is 3.63. The van der Waals surface area contributed by atoms with Gasteiger partial charge in [-0.05, 0) is 79.6 Å². The van der Waals surface area contributed by atoms with E-state index in [0.29, 0.717) is 5.41 Å². The molecule has 5 atom stereocenters. The molecule has 0 spiro atoms. The van der Waals surface area contributed by atoms with Gasteiger partial charge in [0.15, 0.2) is 0 Å². The third-order valence-corrected chi connectivity index (χ3v) is 7.05. The van der Waals surface area contributed by atoms with Crippen LogP contribution in [0.4, 0.5) is 0 Å². The van der Waals surface area contributed by atoms with Crippen LogP contribution in [0.15, 0.2) is 23.3 Å². The van der Waals surface area contributed by atoms with Gasteiger partial charge >= 0.3 is 0 Å². The first-order chi connectivity index (χ1) is 9.43. The van der Waals surface area contributed by atoms with Crippen molar-refractivity contribution in [2.75, 3.05) is 0 Å². The number of allylic oxidation sites excluding steroid dienone is 4. The molecular formula is C20H32. The minimum absolute atomic E-state index is 0.559. The lowest BCUT2D eigenvalue weighted by Gasteiger charge is -2.42. The molecule has 20 heavy (non-hydrogen) atoms. The van der Waals surface area contributed by atoms with Crippen molar-refractivity contribution in [2.24, 2.45) is 35.0 Å². The van der Waals surface area contributed by atoms with Gasteiger partial charge in [-0.3, -0.25) is 0 Å². The molecule has 0 radical (unpaired) electrons. The van der Waals surface area contributed by atoms with E-state index < -0.39 is 0 Å². The molecular weight excluding hydrogens is 240 g/mol. The molecule has 1 saturated carbocycles. The molecule has 1 fully saturated rings. The molecule has 0 heteroatoms. The monoisotopic (exact) mass is 272 g/mol. The highest BCUT2D eigenvalue weighted by atomic mass is 14.5. The van der Waals surface area contributed by atoms with Crippen LogP contribution in [0.25, 0.3) is 0 Å². The van der Waals surface area contributed by atoms with E-state index in [4.69, 9.17) is 0 Å². The molecule has 3 aliphatic carbocycles. The van der Waals surface area contributed by atoms with Crippen LogP contribution in [0.1, 0.15) is 66.7 Å². The number of hydrogen-bond donors (Lipinski definition) is 0. The van der Waals surface area contributed by atoms with Crippen LogP contribution in [0.5, 0.6) is 0 Å². The quantitative estimate of drug-likeness (QED) is 0.549. The fourth-order valence-electron chi connectivity index (χ4n) is 5.69. The average Bonchev–Trinajstić information content (AvgIpc) is 2.89. The van der Waals surface area contributed by atoms with Crippen LogP contribution >= 0.6 is 0 Å². The van der Waals surface area contributed by atoms with Gasteiger partial charge in [-0.1, -0.05) is 45.4 Å². The van der Waals surface area contributed by atoms with Gasteiger partial charge in [0.2, 0.25) is 0 Å². The minimum Gasteiger partial charge on any atom is -0.0808 e. The van der Waals surface area contributed by atoms with E-state index in [9.17, 15) is 0 Å². The number of fused-ring (bicyclic) bond motifs is 2. The van der Waals surface area contributed by atoms with Crippen molar-refractivity contribution in [1.82, 2.24) is 0 Å². The molecule has 0 N–H and O–H groups in total. The first-order valence-corrected chi connectivity index (χ1v) is 8.80. The summed E-state index contributed by atoms with van der Waals surface area (Å²) < 4.78 is 0. The Morgan fingerprint density at radius 3 is 2.65 bits per heavy atom. The molecule has 0 heterocycles. The van der Waals surface area contributed by atoms with Gasteiger partial charge < -0.3 is 0 Å². The minimum atomic E-state index is 0.559. The van der Waals surface area contributed by atoms with Crippen LogP contribution in [-0.2, 0) is 0 Å². The highest BCUT2D eigenvalue weighted by Crippen LogP contribution is 2.58. The van der Waals surface area contributed by atoms with E-state index in [1.807, 2.05) is 0 Å². The van der Waals surface area contributed by atoms with Crippen molar-refractivity contribution in [3.8, 4) is 0 Å². The Morgan fingerprint density at radius 1 is 1.20 bits per heavy atom. The molecule has 3 rings (SSSR count). The zero-order chi connectivity index (χ0) is 14.5. The maximum atomic E-state index is 2.60. The van der Waals surface area contributed by atoms with Crippen LogP contribution < -0.4 is 0 Å². The van der Waals surface area contributed by atoms with Crippen molar-refractivity contribution >= 4 is 0 Å². The van der Waals surface area contributed by atoms with Gasteiger partial charge in [-0.2, -0.15) is 0 Å². The molecule has 0 aromatic heterocycles. The Labute approximate surface area is 125 Å². The lowest BCUT2D eigenvalue weighted by molar-refractivity contribution is 0.103. The Hall–Kier alpha value is -0.520. The fraction of sp³-hybridized carbons (Fsp3) is 0.800. The highest BCUT2D eigenvalue weighted by Gasteiger charge is 2.48. The molecule has 0 aliphatic heterocycles. The summed E-state index contributed by atoms with van der Waals surface area (Å²) in [6.45, 7) is 12.3. The molecule has 0 amide bonds. The maximum Gasteiger partial charge on any atom is -0.0131 e. The van der Waals surface area contributed by atoms with Crippen LogP contribution in [-0.4, -0.2) is 0 Å². The molecule has 0 bridgehead atoms. The summed E-state index contributed by atoms with van der Waals surface area (Å²) >= 11 is 0. The predicted molar refractivity (Wildman–Crippen MR) is 87.5 cm³/mol. The smallest absolute Gasteiger partial charge is 0.0131 e. The summed E-state index contributed by atoms with van der Waals surface area (Å²) in [6, 6.07) is 0. The molecule has 0 aromatic rings. The largest absolute Gasteiger partial charge is 0.0808 e. The van der Waals surface area contributed by atoms with Crippen molar-refractivity contribution in [2.45, 2.75) is 66.7 Å². The summed E-state index contributed by atoms with van der Waals surface area (Å²) in [5.74, 6) is 4.44. The van der Waals surface area contributed by atoms with Crippen molar-refractivity contribution in [1.29, 1.82) is 0 Å². The average molecular weight is 272 g/mol. The third-order valence-electron chi connectivity index (χ3n) is 7.05. The SMILES string of the molecule is C/C1=C/C[C@@]2(C)[C@@H](CC[C@@H]2C(C)C)C[C@H]2C1=CC[C@H]2C. The first-order valence-electron chi connectivity index (χ1n) is 8.80. The second kappa shape index (κ2) is 5.04. The van der Waals surface area contributed by atoms with E-state index in [2.05, 4.69) is 46.8 Å². The molecule has 0 nitrogen and oxygen atoms in total. The Morgan fingerprint density at radius 2 is 1.95 bits per heavy atom. The second-order valence-corrected chi connectivity index (χ2v) is 8.44. The summed E-state index contributed by atoms with van der Waals surface area (Å²) in [6.07, 6.45) is 12.1. The van der Waals surface area contributed by atoms with Crippen LogP contribution in [0, 0.1) is 35.0 Å². The second-order valence-electron chi connectivity index (χ2n) is 8.44. The zero-order valence-corrected chi connectivity index (χ0v) is 14.1. The molecule has 112 valence electrons. The molecule has 0 saturated heterocycles. The fourth-order valence-corrected chi connectivity index (χ4v) is 5.69. The topological polar surface area (TPSA) is 0 Å². The van der Waals surface area contributed by atoms with Gasteiger partial charge in [0.05, 0.1) is 0 Å². The van der Waals surface area contributed by atoms with E-state index in [1.165, 1.54) is 32.1 Å². The molecule has 3 aliphatic rings. The summed E-state index contributed by atoms with van der Waals surface area (Å²) in [4.78, 5) is 0. The van der Waals surface area contributed by atoms with Crippen LogP contribution in [0.2, 0.25) is 0 Å². The van der Waals surface area contributed by atoms with Gasteiger partial charge in [0.25, 0.3) is 0 Å². The summed E-state index contributed by atoms with van der Waals surface area (Å²) in [5, 5.41) is 0. The Bertz CT molecular complexity index is 439.